The smallest absolute Gasteiger partial charge is 0.0844 e. The van der Waals surface area contributed by atoms with Gasteiger partial charge in [0.1, 0.15) is 0 Å². The Bertz CT molecular complexity index is 426. The summed E-state index contributed by atoms with van der Waals surface area (Å²) in [4.78, 5) is 1.16. The van der Waals surface area contributed by atoms with Crippen molar-refractivity contribution in [1.29, 1.82) is 0 Å². The van der Waals surface area contributed by atoms with Crippen LogP contribution in [0.3, 0.4) is 0 Å². The van der Waals surface area contributed by atoms with E-state index in [-0.39, 0.29) is 5.54 Å². The highest BCUT2D eigenvalue weighted by molar-refractivity contribution is 7.07. The van der Waals surface area contributed by atoms with E-state index in [1.54, 1.807) is 0 Å². The Kier molecular flexibility index (Phi) is 1.86. The van der Waals surface area contributed by atoms with E-state index in [0.29, 0.717) is 0 Å². The Labute approximate surface area is 81.5 Å². The molecule has 2 aromatic rings. The van der Waals surface area contributed by atoms with Gasteiger partial charge in [-0.3, -0.25) is 0 Å². The molecule has 2 N–H and O–H groups in total. The van der Waals surface area contributed by atoms with Crippen molar-refractivity contribution in [3.8, 4) is 0 Å². The number of fused-ring (bicyclic) bond motifs is 1. The Morgan fingerprint density at radius 2 is 2.00 bits per heavy atom. The van der Waals surface area contributed by atoms with Gasteiger partial charge < -0.3 is 5.73 Å². The second-order valence-corrected chi connectivity index (χ2v) is 4.52. The second kappa shape index (κ2) is 2.79. The summed E-state index contributed by atoms with van der Waals surface area (Å²) < 4.78 is 4.35. The van der Waals surface area contributed by atoms with Gasteiger partial charge >= 0.3 is 0 Å². The van der Waals surface area contributed by atoms with Crippen LogP contribution in [0.15, 0.2) is 24.3 Å². The van der Waals surface area contributed by atoms with Crippen molar-refractivity contribution in [3.63, 3.8) is 0 Å². The van der Waals surface area contributed by atoms with Crippen LogP contribution in [0.2, 0.25) is 0 Å². The van der Waals surface area contributed by atoms with E-state index in [4.69, 9.17) is 5.73 Å². The van der Waals surface area contributed by atoms with Crippen molar-refractivity contribution < 1.29 is 0 Å². The van der Waals surface area contributed by atoms with Crippen LogP contribution < -0.4 is 5.73 Å². The van der Waals surface area contributed by atoms with Gasteiger partial charge in [-0.1, -0.05) is 18.2 Å². The predicted octanol–water partition coefficient (Wildman–Crippen LogP) is 2.49. The standard InChI is InChI=1S/C10H12N2S/c1-10(2,11)9-7-5-3-4-6-8(7)12-13-9/h3-6H,11H2,1-2H3. The molecule has 2 nitrogen and oxygen atoms in total. The number of nitrogens with zero attached hydrogens (tertiary/aromatic N) is 1. The number of aromatic nitrogens is 1. The SMILES string of the molecule is CC(C)(N)c1snc2ccccc12. The summed E-state index contributed by atoms with van der Waals surface area (Å²) in [6, 6.07) is 8.10. The maximum Gasteiger partial charge on any atom is 0.0844 e. The van der Waals surface area contributed by atoms with Gasteiger partial charge in [-0.05, 0) is 31.4 Å². The third kappa shape index (κ3) is 1.45. The van der Waals surface area contributed by atoms with Gasteiger partial charge in [0.25, 0.3) is 0 Å². The maximum atomic E-state index is 6.04. The van der Waals surface area contributed by atoms with Gasteiger partial charge in [0.15, 0.2) is 0 Å². The number of nitrogens with two attached hydrogens (primary N) is 1. The Morgan fingerprint density at radius 1 is 1.31 bits per heavy atom. The minimum absolute atomic E-state index is 0.291. The third-order valence-corrected chi connectivity index (χ3v) is 3.19. The van der Waals surface area contributed by atoms with E-state index in [0.717, 1.165) is 10.4 Å². The van der Waals surface area contributed by atoms with Crippen LogP contribution in [0.4, 0.5) is 0 Å². The van der Waals surface area contributed by atoms with Crippen LogP contribution in [0.25, 0.3) is 10.9 Å². The molecule has 13 heavy (non-hydrogen) atoms. The summed E-state index contributed by atoms with van der Waals surface area (Å²) in [5, 5.41) is 1.18. The molecule has 0 atom stereocenters. The van der Waals surface area contributed by atoms with Crippen molar-refractivity contribution in [1.82, 2.24) is 4.37 Å². The Morgan fingerprint density at radius 3 is 2.69 bits per heavy atom. The molecule has 0 saturated heterocycles. The fourth-order valence-electron chi connectivity index (χ4n) is 1.35. The van der Waals surface area contributed by atoms with Gasteiger partial charge in [0, 0.05) is 10.9 Å². The van der Waals surface area contributed by atoms with Crippen molar-refractivity contribution in [2.45, 2.75) is 19.4 Å². The lowest BCUT2D eigenvalue weighted by molar-refractivity contribution is 0.571. The number of hydrogen-bond acceptors (Lipinski definition) is 3. The van der Waals surface area contributed by atoms with E-state index < -0.39 is 0 Å². The molecule has 1 aromatic carbocycles. The van der Waals surface area contributed by atoms with Crippen LogP contribution in [0.1, 0.15) is 18.7 Å². The quantitative estimate of drug-likeness (QED) is 0.754. The zero-order chi connectivity index (χ0) is 9.47. The monoisotopic (exact) mass is 192 g/mol. The lowest BCUT2D eigenvalue weighted by Gasteiger charge is -2.15. The molecule has 0 aliphatic carbocycles. The molecule has 2 rings (SSSR count). The van der Waals surface area contributed by atoms with E-state index in [9.17, 15) is 0 Å². The van der Waals surface area contributed by atoms with Crippen molar-refractivity contribution in [2.24, 2.45) is 5.73 Å². The van der Waals surface area contributed by atoms with Gasteiger partial charge in [-0.2, -0.15) is 4.37 Å². The zero-order valence-electron chi connectivity index (χ0n) is 7.74. The Balaban J connectivity index is 2.72. The molecule has 0 unspecified atom stereocenters. The first-order valence-electron chi connectivity index (χ1n) is 4.23. The molecule has 3 heteroatoms. The summed E-state index contributed by atoms with van der Waals surface area (Å²) in [6.45, 7) is 4.01. The lowest BCUT2D eigenvalue weighted by atomic mass is 10.0. The largest absolute Gasteiger partial charge is 0.321 e. The van der Waals surface area contributed by atoms with Crippen LogP contribution in [-0.2, 0) is 5.54 Å². The molecular weight excluding hydrogens is 180 g/mol. The number of hydrogen-bond donors (Lipinski definition) is 1. The minimum Gasteiger partial charge on any atom is -0.321 e. The zero-order valence-corrected chi connectivity index (χ0v) is 8.56. The van der Waals surface area contributed by atoms with Crippen LogP contribution in [0.5, 0.6) is 0 Å². The van der Waals surface area contributed by atoms with Crippen molar-refractivity contribution in [3.05, 3.63) is 29.1 Å². The topological polar surface area (TPSA) is 38.9 Å². The van der Waals surface area contributed by atoms with Crippen LogP contribution in [-0.4, -0.2) is 4.37 Å². The number of benzene rings is 1. The molecule has 0 saturated carbocycles. The molecule has 68 valence electrons. The normalized spacial score (nSPS) is 12.2. The highest BCUT2D eigenvalue weighted by Gasteiger charge is 2.19. The van der Waals surface area contributed by atoms with Crippen molar-refractivity contribution in [2.75, 3.05) is 0 Å². The fraction of sp³-hybridized carbons (Fsp3) is 0.300. The molecule has 0 radical (unpaired) electrons. The van der Waals surface area contributed by atoms with Crippen LogP contribution >= 0.6 is 11.5 Å². The molecule has 1 heterocycles. The molecule has 1 aromatic heterocycles. The van der Waals surface area contributed by atoms with E-state index >= 15 is 0 Å². The first kappa shape index (κ1) is 8.66. The van der Waals surface area contributed by atoms with Crippen molar-refractivity contribution >= 4 is 22.4 Å². The van der Waals surface area contributed by atoms with E-state index in [1.807, 2.05) is 32.0 Å². The molecule has 0 fully saturated rings. The molecular formula is C10H12N2S. The lowest BCUT2D eigenvalue weighted by Crippen LogP contribution is -2.27. The first-order chi connectivity index (χ1) is 6.09. The van der Waals surface area contributed by atoms with Gasteiger partial charge in [-0.15, -0.1) is 0 Å². The summed E-state index contributed by atoms with van der Waals surface area (Å²) >= 11 is 1.49. The van der Waals surface area contributed by atoms with Crippen LogP contribution in [0, 0.1) is 0 Å². The summed E-state index contributed by atoms with van der Waals surface area (Å²) in [5.74, 6) is 0. The average Bonchev–Trinajstić information content (AvgIpc) is 2.45. The van der Waals surface area contributed by atoms with Gasteiger partial charge in [0.2, 0.25) is 0 Å². The van der Waals surface area contributed by atoms with Gasteiger partial charge in [0.05, 0.1) is 10.4 Å². The van der Waals surface area contributed by atoms with Gasteiger partial charge in [-0.25, -0.2) is 0 Å². The molecule has 0 bridgehead atoms. The number of rotatable bonds is 1. The molecule has 0 spiro atoms. The maximum absolute atomic E-state index is 6.04. The van der Waals surface area contributed by atoms with E-state index in [1.165, 1.54) is 16.9 Å². The second-order valence-electron chi connectivity index (χ2n) is 3.75. The first-order valence-corrected chi connectivity index (χ1v) is 5.00. The summed E-state index contributed by atoms with van der Waals surface area (Å²) in [6.07, 6.45) is 0. The third-order valence-electron chi connectivity index (χ3n) is 1.97. The highest BCUT2D eigenvalue weighted by Crippen LogP contribution is 2.29. The molecule has 0 aliphatic heterocycles. The Hall–Kier alpha value is -0.930. The molecule has 0 amide bonds. The fourth-order valence-corrected chi connectivity index (χ4v) is 2.21. The summed E-state index contributed by atoms with van der Waals surface area (Å²) in [5.41, 5.74) is 6.79. The summed E-state index contributed by atoms with van der Waals surface area (Å²) in [7, 11) is 0. The average molecular weight is 192 g/mol. The predicted molar refractivity (Wildman–Crippen MR) is 56.8 cm³/mol. The van der Waals surface area contributed by atoms with E-state index in [2.05, 4.69) is 10.4 Å². The highest BCUT2D eigenvalue weighted by atomic mass is 32.1. The molecule has 0 aliphatic rings. The minimum atomic E-state index is -0.291.